The van der Waals surface area contributed by atoms with E-state index >= 15 is 0 Å². The lowest BCUT2D eigenvalue weighted by Gasteiger charge is -2.15. The van der Waals surface area contributed by atoms with E-state index in [0.717, 1.165) is 16.9 Å². The number of aliphatic imine (C=N–C) groups is 1. The molecule has 1 aromatic rings. The van der Waals surface area contributed by atoms with E-state index in [0.29, 0.717) is 18.2 Å². The van der Waals surface area contributed by atoms with E-state index in [2.05, 4.69) is 4.99 Å². The molecule has 21 heavy (non-hydrogen) atoms. The summed E-state index contributed by atoms with van der Waals surface area (Å²) in [6.45, 7) is 6.30. The second kappa shape index (κ2) is 4.88. The summed E-state index contributed by atoms with van der Waals surface area (Å²) in [5.41, 5.74) is 1.95. The Morgan fingerprint density at radius 3 is 2.71 bits per heavy atom. The topological polar surface area (TPSA) is 47.9 Å². The Morgan fingerprint density at radius 1 is 1.24 bits per heavy atom. The number of carbonyl (C=O) groups excluding carboxylic acids is 1. The van der Waals surface area contributed by atoms with Crippen LogP contribution in [0.2, 0.25) is 0 Å². The number of carbonyl (C=O) groups is 1. The third kappa shape index (κ3) is 2.75. The Balaban J connectivity index is 1.92. The molecule has 0 aliphatic carbocycles. The van der Waals surface area contributed by atoms with Gasteiger partial charge in [-0.2, -0.15) is 0 Å². The Morgan fingerprint density at radius 2 is 2.00 bits per heavy atom. The highest BCUT2D eigenvalue weighted by atomic mass is 16.6. The first-order valence-electron chi connectivity index (χ1n) is 6.89. The van der Waals surface area contributed by atoms with E-state index in [1.165, 1.54) is 0 Å². The zero-order valence-corrected chi connectivity index (χ0v) is 12.3. The number of esters is 1. The number of rotatable bonds is 1. The molecule has 0 bridgehead atoms. The molecule has 0 radical (unpaired) electrons. The summed E-state index contributed by atoms with van der Waals surface area (Å²) in [7, 11) is 0. The molecule has 2 aliphatic heterocycles. The smallest absolute Gasteiger partial charge is 0.363 e. The van der Waals surface area contributed by atoms with Crippen molar-refractivity contribution in [2.24, 2.45) is 10.4 Å². The molecule has 0 saturated heterocycles. The normalized spacial score (nSPS) is 19.6. The number of hydrogen-bond acceptors (Lipinski definition) is 4. The number of hydrogen-bond donors (Lipinski definition) is 0. The van der Waals surface area contributed by atoms with Gasteiger partial charge in [-0.1, -0.05) is 39.0 Å². The van der Waals surface area contributed by atoms with E-state index in [-0.39, 0.29) is 5.41 Å². The van der Waals surface area contributed by atoms with Crippen molar-refractivity contribution >= 4 is 17.9 Å². The maximum atomic E-state index is 11.9. The summed E-state index contributed by atoms with van der Waals surface area (Å²) in [6, 6.07) is 7.79. The van der Waals surface area contributed by atoms with Gasteiger partial charge in [0.2, 0.25) is 5.90 Å². The lowest BCUT2D eigenvalue weighted by atomic mass is 9.97. The summed E-state index contributed by atoms with van der Waals surface area (Å²) in [5, 5.41) is 0. The molecule has 2 heterocycles. The summed E-state index contributed by atoms with van der Waals surface area (Å²) in [5.74, 6) is 0.906. The first-order valence-corrected chi connectivity index (χ1v) is 6.89. The molecule has 0 amide bonds. The number of benzene rings is 1. The molecular weight excluding hydrogens is 266 g/mol. The van der Waals surface area contributed by atoms with Gasteiger partial charge in [-0.15, -0.1) is 0 Å². The fraction of sp³-hybridized carbons (Fsp3) is 0.294. The number of ether oxygens (including phenoxy) is 2. The molecule has 1 aromatic carbocycles. The van der Waals surface area contributed by atoms with Gasteiger partial charge in [0.15, 0.2) is 5.70 Å². The van der Waals surface area contributed by atoms with Gasteiger partial charge >= 0.3 is 5.97 Å². The second-order valence-corrected chi connectivity index (χ2v) is 6.13. The summed E-state index contributed by atoms with van der Waals surface area (Å²) in [6.07, 6.45) is 3.74. The van der Waals surface area contributed by atoms with Gasteiger partial charge in [0.1, 0.15) is 12.4 Å². The maximum absolute atomic E-state index is 11.9. The van der Waals surface area contributed by atoms with Crippen LogP contribution in [-0.2, 0) is 9.53 Å². The average molecular weight is 283 g/mol. The van der Waals surface area contributed by atoms with Crippen LogP contribution < -0.4 is 4.74 Å². The molecule has 0 saturated carbocycles. The lowest BCUT2D eigenvalue weighted by Crippen LogP contribution is -2.21. The van der Waals surface area contributed by atoms with Crippen LogP contribution in [0.4, 0.5) is 0 Å². The van der Waals surface area contributed by atoms with Crippen LogP contribution in [0.25, 0.3) is 6.08 Å². The van der Waals surface area contributed by atoms with Gasteiger partial charge in [0, 0.05) is 11.0 Å². The highest BCUT2D eigenvalue weighted by Gasteiger charge is 2.31. The minimum absolute atomic E-state index is 0.282. The number of fused-ring (bicyclic) bond motifs is 1. The molecule has 4 heteroatoms. The SMILES string of the molecule is CC(C)(C)C1=N/C(=C\C2=Cc3ccccc3OC2)C(=O)O1. The van der Waals surface area contributed by atoms with Crippen LogP contribution in [0.1, 0.15) is 26.3 Å². The number of nitrogens with zero attached hydrogens (tertiary/aromatic N) is 1. The second-order valence-electron chi connectivity index (χ2n) is 6.13. The molecule has 4 nitrogen and oxygen atoms in total. The monoisotopic (exact) mass is 283 g/mol. The van der Waals surface area contributed by atoms with Gasteiger partial charge in [-0.05, 0) is 23.8 Å². The van der Waals surface area contributed by atoms with E-state index in [1.807, 2.05) is 51.1 Å². The Bertz CT molecular complexity index is 690. The first kappa shape index (κ1) is 13.6. The van der Waals surface area contributed by atoms with Crippen molar-refractivity contribution in [2.45, 2.75) is 20.8 Å². The third-order valence-electron chi connectivity index (χ3n) is 3.24. The van der Waals surface area contributed by atoms with Crippen molar-refractivity contribution < 1.29 is 14.3 Å². The molecule has 0 fully saturated rings. The largest absolute Gasteiger partial charge is 0.488 e. The van der Waals surface area contributed by atoms with E-state index < -0.39 is 5.97 Å². The van der Waals surface area contributed by atoms with Crippen molar-refractivity contribution in [1.82, 2.24) is 0 Å². The van der Waals surface area contributed by atoms with Crippen LogP contribution in [0.3, 0.4) is 0 Å². The molecular formula is C17H17NO3. The minimum Gasteiger partial charge on any atom is -0.488 e. The van der Waals surface area contributed by atoms with Gasteiger partial charge in [-0.3, -0.25) is 0 Å². The average Bonchev–Trinajstić information content (AvgIpc) is 2.80. The number of cyclic esters (lactones) is 1. The predicted octanol–water partition coefficient (Wildman–Crippen LogP) is 3.35. The summed E-state index contributed by atoms with van der Waals surface area (Å²) in [4.78, 5) is 16.2. The van der Waals surface area contributed by atoms with Crippen molar-refractivity contribution in [3.63, 3.8) is 0 Å². The lowest BCUT2D eigenvalue weighted by molar-refractivity contribution is -0.130. The van der Waals surface area contributed by atoms with Crippen molar-refractivity contribution in [1.29, 1.82) is 0 Å². The molecule has 0 spiro atoms. The number of para-hydroxylation sites is 1. The minimum atomic E-state index is -0.403. The highest BCUT2D eigenvalue weighted by Crippen LogP contribution is 2.29. The van der Waals surface area contributed by atoms with Crippen molar-refractivity contribution in [3.8, 4) is 5.75 Å². The third-order valence-corrected chi connectivity index (χ3v) is 3.24. The first-order chi connectivity index (χ1) is 9.93. The van der Waals surface area contributed by atoms with Gasteiger partial charge in [0.05, 0.1) is 0 Å². The quantitative estimate of drug-likeness (QED) is 0.586. The van der Waals surface area contributed by atoms with E-state index in [1.54, 1.807) is 6.08 Å². The Kier molecular flexibility index (Phi) is 3.16. The molecule has 0 atom stereocenters. The van der Waals surface area contributed by atoms with Crippen LogP contribution in [-0.4, -0.2) is 18.5 Å². The van der Waals surface area contributed by atoms with Gasteiger partial charge in [-0.25, -0.2) is 9.79 Å². The van der Waals surface area contributed by atoms with Crippen LogP contribution in [0.5, 0.6) is 5.75 Å². The van der Waals surface area contributed by atoms with Gasteiger partial charge < -0.3 is 9.47 Å². The molecule has 0 unspecified atom stereocenters. The van der Waals surface area contributed by atoms with Crippen LogP contribution in [0, 0.1) is 5.41 Å². The molecule has 0 aromatic heterocycles. The molecule has 108 valence electrons. The zero-order chi connectivity index (χ0) is 15.0. The van der Waals surface area contributed by atoms with Crippen molar-refractivity contribution in [3.05, 3.63) is 47.2 Å². The Labute approximate surface area is 123 Å². The maximum Gasteiger partial charge on any atom is 0.363 e. The predicted molar refractivity (Wildman–Crippen MR) is 81.0 cm³/mol. The van der Waals surface area contributed by atoms with Crippen LogP contribution in [0.15, 0.2) is 46.6 Å². The molecule has 3 rings (SSSR count). The standard InChI is InChI=1S/C17H17NO3/c1-17(2,3)16-18-13(15(19)21-16)9-11-8-12-6-4-5-7-14(12)20-10-11/h4-9H,10H2,1-3H3/b13-9-. The van der Waals surface area contributed by atoms with E-state index in [4.69, 9.17) is 9.47 Å². The molecule has 2 aliphatic rings. The van der Waals surface area contributed by atoms with Crippen LogP contribution >= 0.6 is 0 Å². The highest BCUT2D eigenvalue weighted by molar-refractivity contribution is 6.06. The Hall–Kier alpha value is -2.36. The zero-order valence-electron chi connectivity index (χ0n) is 12.3. The van der Waals surface area contributed by atoms with Crippen molar-refractivity contribution in [2.75, 3.05) is 6.61 Å². The van der Waals surface area contributed by atoms with Gasteiger partial charge in [0.25, 0.3) is 0 Å². The fourth-order valence-electron chi connectivity index (χ4n) is 2.12. The summed E-state index contributed by atoms with van der Waals surface area (Å²) < 4.78 is 10.9. The fourth-order valence-corrected chi connectivity index (χ4v) is 2.12. The molecule has 0 N–H and O–H groups in total. The summed E-state index contributed by atoms with van der Waals surface area (Å²) >= 11 is 0. The van der Waals surface area contributed by atoms with E-state index in [9.17, 15) is 4.79 Å².